The highest BCUT2D eigenvalue weighted by molar-refractivity contribution is 8.32. The summed E-state index contributed by atoms with van der Waals surface area (Å²) in [5, 5.41) is 0. The van der Waals surface area contributed by atoms with Crippen LogP contribution in [-0.2, 0) is 10.1 Å². The largest absolute Gasteiger partial charge is 0.488 e. The molecule has 0 heterocycles. The van der Waals surface area contributed by atoms with Gasteiger partial charge in [0.2, 0.25) is 0 Å². The molecule has 8 heteroatoms. The summed E-state index contributed by atoms with van der Waals surface area (Å²) in [6.45, 7) is 13.9. The van der Waals surface area contributed by atoms with Gasteiger partial charge in [0.25, 0.3) is 0 Å². The number of hydrogen-bond acceptors (Lipinski definition) is 5. The molecule has 4 aromatic rings. The van der Waals surface area contributed by atoms with Crippen LogP contribution in [0, 0.1) is 6.92 Å². The zero-order valence-electron chi connectivity index (χ0n) is 26.6. The van der Waals surface area contributed by atoms with Crippen molar-refractivity contribution in [3.63, 3.8) is 0 Å². The molecule has 0 aliphatic carbocycles. The Morgan fingerprint density at radius 1 is 0.605 bits per heavy atom. The maximum Gasteiger partial charge on any atom is 0.422 e. The van der Waals surface area contributed by atoms with E-state index in [1.165, 1.54) is 0 Å². The van der Waals surface area contributed by atoms with E-state index in [0.717, 1.165) is 25.9 Å². The van der Waals surface area contributed by atoms with Crippen LogP contribution in [0.3, 0.4) is 0 Å². The molecule has 0 aliphatic heterocycles. The quantitative estimate of drug-likeness (QED) is 0.138. The van der Waals surface area contributed by atoms with E-state index in [0.29, 0.717) is 11.5 Å². The summed E-state index contributed by atoms with van der Waals surface area (Å²) in [5.74, 6) is 1.39. The molecular weight excluding hydrogens is 579 g/mol. The Bertz CT molecular complexity index is 1570. The average molecular weight is 623 g/mol. The smallest absolute Gasteiger partial charge is 0.422 e. The molecule has 0 saturated heterocycles. The van der Waals surface area contributed by atoms with Crippen molar-refractivity contribution in [3.8, 4) is 11.5 Å². The molecule has 4 aromatic carbocycles. The molecule has 4 rings (SSSR count). The number of nitrogens with zero attached hydrogens (tertiary/aromatic N) is 1. The first-order chi connectivity index (χ1) is 20.0. The summed E-state index contributed by atoms with van der Waals surface area (Å²) in [7, 11) is -2.90. The summed E-state index contributed by atoms with van der Waals surface area (Å²) >= 11 is 0. The van der Waals surface area contributed by atoms with Gasteiger partial charge in [0.15, 0.2) is 0 Å². The van der Waals surface area contributed by atoms with Crippen molar-refractivity contribution >= 4 is 26.1 Å². The molecule has 0 aromatic heterocycles. The van der Waals surface area contributed by atoms with E-state index >= 15 is 0 Å². The third-order valence-corrected chi connectivity index (χ3v) is 11.8. The van der Waals surface area contributed by atoms with Crippen molar-refractivity contribution < 1.29 is 21.5 Å². The van der Waals surface area contributed by atoms with E-state index in [2.05, 4.69) is 0 Å². The summed E-state index contributed by atoms with van der Waals surface area (Å²) in [5.41, 5.74) is 1.15. The average Bonchev–Trinajstić information content (AvgIpc) is 2.91. The first-order valence-electron chi connectivity index (χ1n) is 14.2. The van der Waals surface area contributed by atoms with Gasteiger partial charge in [0, 0.05) is 19.8 Å². The molecule has 0 unspecified atom stereocenters. The Morgan fingerprint density at radius 2 is 1.05 bits per heavy atom. The number of aryl methyl sites for hydroxylation is 1. The van der Waals surface area contributed by atoms with Crippen molar-refractivity contribution in [2.24, 2.45) is 0 Å². The third-order valence-electron chi connectivity index (χ3n) is 6.38. The molecule has 0 fully saturated rings. The maximum absolute atomic E-state index is 14.2. The molecule has 230 valence electrons. The van der Waals surface area contributed by atoms with Gasteiger partial charge >= 0.3 is 10.1 Å². The molecule has 1 N–H and O–H groups in total. The monoisotopic (exact) mass is 622 g/mol. The van der Waals surface area contributed by atoms with Crippen LogP contribution in [0.4, 0.5) is 5.69 Å². The minimum absolute atomic E-state index is 0.152. The summed E-state index contributed by atoms with van der Waals surface area (Å²) in [6, 6.07) is 30.1. The van der Waals surface area contributed by atoms with Crippen LogP contribution < -0.4 is 14.4 Å². The summed E-state index contributed by atoms with van der Waals surface area (Å²) < 4.78 is 45.5. The van der Waals surface area contributed by atoms with Gasteiger partial charge in [-0.25, -0.2) is 0 Å². The lowest BCUT2D eigenvalue weighted by molar-refractivity contribution is 0.130. The highest BCUT2D eigenvalue weighted by Crippen LogP contribution is 2.69. The molecule has 0 amide bonds. The van der Waals surface area contributed by atoms with Gasteiger partial charge in [-0.05, 0) is 127 Å². The number of rotatable bonds is 9. The predicted octanol–water partition coefficient (Wildman–Crippen LogP) is 9.09. The van der Waals surface area contributed by atoms with Crippen LogP contribution >= 0.6 is 10.3 Å². The lowest BCUT2D eigenvalue weighted by atomic mass is 10.2. The van der Waals surface area contributed by atoms with Gasteiger partial charge in [-0.3, -0.25) is 3.63 Å². The Labute approximate surface area is 259 Å². The van der Waals surface area contributed by atoms with E-state index in [4.69, 9.17) is 13.1 Å². The van der Waals surface area contributed by atoms with Gasteiger partial charge in [-0.15, -0.1) is 8.42 Å². The lowest BCUT2D eigenvalue weighted by Crippen LogP contribution is -2.23. The Morgan fingerprint density at radius 3 is 1.47 bits per heavy atom. The molecule has 0 saturated carbocycles. The van der Waals surface area contributed by atoms with Crippen LogP contribution in [-0.4, -0.2) is 37.3 Å². The number of anilines is 1. The van der Waals surface area contributed by atoms with Gasteiger partial charge in [-0.2, -0.15) is 0 Å². The first-order valence-corrected chi connectivity index (χ1v) is 17.3. The Kier molecular flexibility index (Phi) is 9.26. The zero-order chi connectivity index (χ0) is 31.6. The fourth-order valence-corrected chi connectivity index (χ4v) is 9.98. The molecule has 43 heavy (non-hydrogen) atoms. The van der Waals surface area contributed by atoms with E-state index < -0.39 is 20.4 Å². The van der Waals surface area contributed by atoms with Crippen LogP contribution in [0.2, 0.25) is 0 Å². The second-order valence-electron chi connectivity index (χ2n) is 12.7. The second kappa shape index (κ2) is 12.3. The fourth-order valence-electron chi connectivity index (χ4n) is 4.50. The second-order valence-corrected chi connectivity index (χ2v) is 17.3. The fraction of sp³-hybridized carbons (Fsp3) is 0.314. The molecule has 0 bridgehead atoms. The Hall–Kier alpha value is -3.46. The topological polar surface area (TPSA) is 68.6 Å². The molecule has 0 radical (unpaired) electrons. The number of hydrogen-bond donors (Lipinski definition) is 0. The van der Waals surface area contributed by atoms with Gasteiger partial charge in [0.1, 0.15) is 27.6 Å². The Balaban J connectivity index is 2.01. The van der Waals surface area contributed by atoms with E-state index in [-0.39, 0.29) is 16.1 Å². The zero-order valence-corrected chi connectivity index (χ0v) is 28.2. The molecule has 6 nitrogen and oxygen atoms in total. The molecule has 0 atom stereocenters. The van der Waals surface area contributed by atoms with Gasteiger partial charge < -0.3 is 14.4 Å². The summed E-state index contributed by atoms with van der Waals surface area (Å²) in [6.07, 6.45) is 0. The van der Waals surface area contributed by atoms with Crippen molar-refractivity contribution in [1.29, 1.82) is 0 Å². The van der Waals surface area contributed by atoms with Crippen molar-refractivity contribution in [2.45, 2.75) is 79.3 Å². The number of benzene rings is 4. The van der Waals surface area contributed by atoms with E-state index in [1.54, 1.807) is 24.3 Å². The van der Waals surface area contributed by atoms with E-state index in [9.17, 15) is 8.42 Å². The highest BCUT2D eigenvalue weighted by Gasteiger charge is 2.44. The number of ether oxygens (including phenoxy) is 2. The minimum Gasteiger partial charge on any atom is -0.488 e. The van der Waals surface area contributed by atoms with Crippen LogP contribution in [0.25, 0.3) is 0 Å². The van der Waals surface area contributed by atoms with Crippen LogP contribution in [0.15, 0.2) is 117 Å². The maximum atomic E-state index is 14.2. The van der Waals surface area contributed by atoms with Gasteiger partial charge in [0.05, 0.1) is 25.0 Å². The van der Waals surface area contributed by atoms with Crippen molar-refractivity contribution in [3.05, 3.63) is 103 Å². The highest BCUT2D eigenvalue weighted by atomic mass is 32.3. The predicted molar refractivity (Wildman–Crippen MR) is 178 cm³/mol. The minimum atomic E-state index is -4.10. The third kappa shape index (κ3) is 7.93. The van der Waals surface area contributed by atoms with Crippen molar-refractivity contribution in [2.75, 3.05) is 19.0 Å². The first kappa shape index (κ1) is 32.5. The van der Waals surface area contributed by atoms with E-state index in [1.807, 2.05) is 140 Å². The normalized spacial score (nSPS) is 13.0. The van der Waals surface area contributed by atoms with Crippen LogP contribution in [0.1, 0.15) is 47.1 Å². The molecule has 0 aliphatic rings. The van der Waals surface area contributed by atoms with Crippen LogP contribution in [0.5, 0.6) is 11.5 Å². The SMILES string of the molecule is Cc1ccc(S(=O)(=O)[OH+]S(c2ccc(OC(C)(C)C)cc2)(c2ccc(OC(C)(C)C)cc2)c2cccc(N(C)C)c2)cc1. The van der Waals surface area contributed by atoms with Gasteiger partial charge in [-0.1, -0.05) is 23.8 Å². The summed E-state index contributed by atoms with van der Waals surface area (Å²) in [4.78, 5) is 4.49. The molecular formula is C35H44NO5S2+. The molecule has 0 spiro atoms. The lowest BCUT2D eigenvalue weighted by Gasteiger charge is -2.35. The standard InChI is InChI=1S/C35H43NO5S2/c1-26-13-19-32(20-14-26)43(37,38)41-42(33-12-10-11-27(25-33)36(8)9,30-21-15-28(16-22-30)39-34(2,3)4)31-23-17-29(18-24-31)40-35(5,6)7/h10-25H,1-9H3/p+1. The van der Waals surface area contributed by atoms with Crippen molar-refractivity contribution in [1.82, 2.24) is 0 Å².